The number of aliphatic imine (C=N–C) groups is 2. The summed E-state index contributed by atoms with van der Waals surface area (Å²) in [7, 11) is 11.5. The summed E-state index contributed by atoms with van der Waals surface area (Å²) in [6, 6.07) is 0.543. The highest BCUT2D eigenvalue weighted by Gasteiger charge is 2.40. The van der Waals surface area contributed by atoms with Crippen molar-refractivity contribution in [1.82, 2.24) is 20.0 Å². The lowest BCUT2D eigenvalue weighted by Crippen LogP contribution is -2.61. The average molecular weight is 284 g/mol. The Labute approximate surface area is 122 Å². The normalized spacial score (nSPS) is 22.2. The zero-order valence-electron chi connectivity index (χ0n) is 13.8. The third kappa shape index (κ3) is 3.83. The molecular formula is C13H28N6O. The van der Waals surface area contributed by atoms with Crippen molar-refractivity contribution in [2.45, 2.75) is 25.7 Å². The molecule has 0 saturated heterocycles. The summed E-state index contributed by atoms with van der Waals surface area (Å²) in [5.41, 5.74) is 0. The molecule has 0 spiro atoms. The molecule has 0 aromatic carbocycles. The van der Waals surface area contributed by atoms with Crippen LogP contribution in [-0.2, 0) is 4.74 Å². The van der Waals surface area contributed by atoms with Crippen molar-refractivity contribution < 1.29 is 4.74 Å². The molecule has 7 heteroatoms. The molecule has 0 aliphatic carbocycles. The first-order valence-electron chi connectivity index (χ1n) is 6.97. The third-order valence-electron chi connectivity index (χ3n) is 2.96. The molecule has 0 unspecified atom stereocenters. The van der Waals surface area contributed by atoms with Gasteiger partial charge in [-0.3, -0.25) is 0 Å². The van der Waals surface area contributed by atoms with Gasteiger partial charge in [0, 0.05) is 34.7 Å². The lowest BCUT2D eigenvalue weighted by atomic mass is 10.3. The van der Waals surface area contributed by atoms with Crippen LogP contribution in [0, 0.1) is 0 Å². The van der Waals surface area contributed by atoms with Gasteiger partial charge in [-0.1, -0.05) is 13.3 Å². The van der Waals surface area contributed by atoms with Crippen LogP contribution in [0.5, 0.6) is 0 Å². The van der Waals surface area contributed by atoms with E-state index in [-0.39, 0.29) is 0 Å². The highest BCUT2D eigenvalue weighted by Crippen LogP contribution is 2.19. The minimum atomic E-state index is -0.907. The SMILES string of the molecule is CCCCN[C@]1(N(C)C)N=C(N(C)C)N=C(N(C)C)O1. The number of hydrogen-bond acceptors (Lipinski definition) is 7. The van der Waals surface area contributed by atoms with Crippen LogP contribution in [0.4, 0.5) is 0 Å². The number of rotatable bonds is 5. The minimum absolute atomic E-state index is 0.543. The average Bonchev–Trinajstić information content (AvgIpc) is 2.38. The molecule has 1 heterocycles. The zero-order valence-corrected chi connectivity index (χ0v) is 13.8. The van der Waals surface area contributed by atoms with Gasteiger partial charge in [-0.15, -0.1) is 0 Å². The van der Waals surface area contributed by atoms with E-state index in [1.54, 1.807) is 0 Å². The topological polar surface area (TPSA) is 55.7 Å². The molecule has 116 valence electrons. The summed E-state index contributed by atoms with van der Waals surface area (Å²) in [6.45, 7) is 2.99. The van der Waals surface area contributed by atoms with E-state index in [9.17, 15) is 0 Å². The van der Waals surface area contributed by atoms with E-state index in [1.165, 1.54) is 0 Å². The van der Waals surface area contributed by atoms with Crippen LogP contribution < -0.4 is 5.32 Å². The summed E-state index contributed by atoms with van der Waals surface area (Å²) in [6.07, 6.45) is 2.19. The van der Waals surface area contributed by atoms with Crippen molar-refractivity contribution in [2.24, 2.45) is 9.98 Å². The van der Waals surface area contributed by atoms with E-state index < -0.39 is 5.97 Å². The van der Waals surface area contributed by atoms with Crippen LogP contribution >= 0.6 is 0 Å². The van der Waals surface area contributed by atoms with E-state index in [0.29, 0.717) is 12.0 Å². The predicted octanol–water partition coefficient (Wildman–Crippen LogP) is 0.414. The predicted molar refractivity (Wildman–Crippen MR) is 82.7 cm³/mol. The Morgan fingerprint density at radius 1 is 1.10 bits per heavy atom. The molecule has 0 aromatic heterocycles. The van der Waals surface area contributed by atoms with Crippen LogP contribution in [0.25, 0.3) is 0 Å². The molecule has 1 rings (SSSR count). The Hall–Kier alpha value is -1.34. The fourth-order valence-corrected chi connectivity index (χ4v) is 1.66. The zero-order chi connectivity index (χ0) is 15.3. The molecule has 0 bridgehead atoms. The van der Waals surface area contributed by atoms with E-state index >= 15 is 0 Å². The lowest BCUT2D eigenvalue weighted by Gasteiger charge is -2.40. The van der Waals surface area contributed by atoms with Gasteiger partial charge in [-0.05, 0) is 20.5 Å². The van der Waals surface area contributed by atoms with Gasteiger partial charge in [0.2, 0.25) is 5.96 Å². The smallest absolute Gasteiger partial charge is 0.329 e. The maximum absolute atomic E-state index is 6.00. The largest absolute Gasteiger partial charge is 0.408 e. The lowest BCUT2D eigenvalue weighted by molar-refractivity contribution is -0.101. The highest BCUT2D eigenvalue weighted by molar-refractivity contribution is 5.93. The van der Waals surface area contributed by atoms with Crippen LogP contribution in [0.1, 0.15) is 19.8 Å². The van der Waals surface area contributed by atoms with E-state index in [2.05, 4.69) is 22.2 Å². The second-order valence-electron chi connectivity index (χ2n) is 5.48. The van der Waals surface area contributed by atoms with E-state index in [0.717, 1.165) is 19.4 Å². The van der Waals surface area contributed by atoms with Gasteiger partial charge in [0.05, 0.1) is 0 Å². The number of hydrogen-bond donors (Lipinski definition) is 1. The summed E-state index contributed by atoms with van der Waals surface area (Å²) in [5, 5.41) is 3.39. The van der Waals surface area contributed by atoms with Gasteiger partial charge in [-0.2, -0.15) is 9.98 Å². The van der Waals surface area contributed by atoms with Crippen molar-refractivity contribution >= 4 is 12.0 Å². The number of amidine groups is 1. The van der Waals surface area contributed by atoms with Crippen LogP contribution in [0.3, 0.4) is 0 Å². The summed E-state index contributed by atoms with van der Waals surface area (Å²) < 4.78 is 6.00. The van der Waals surface area contributed by atoms with Crippen molar-refractivity contribution in [2.75, 3.05) is 48.8 Å². The van der Waals surface area contributed by atoms with Crippen molar-refractivity contribution in [1.29, 1.82) is 0 Å². The molecule has 1 atom stereocenters. The van der Waals surface area contributed by atoms with Crippen LogP contribution in [-0.4, -0.2) is 81.5 Å². The molecule has 1 N–H and O–H groups in total. The molecule has 1 aliphatic heterocycles. The van der Waals surface area contributed by atoms with Gasteiger partial charge in [-0.25, -0.2) is 10.2 Å². The summed E-state index contributed by atoms with van der Waals surface area (Å²) in [4.78, 5) is 14.7. The van der Waals surface area contributed by atoms with Gasteiger partial charge in [0.15, 0.2) is 0 Å². The maximum Gasteiger partial charge on any atom is 0.329 e. The first-order valence-corrected chi connectivity index (χ1v) is 6.97. The fraction of sp³-hybridized carbons (Fsp3) is 0.846. The Morgan fingerprint density at radius 3 is 2.20 bits per heavy atom. The third-order valence-corrected chi connectivity index (χ3v) is 2.96. The minimum Gasteiger partial charge on any atom is -0.408 e. The molecule has 20 heavy (non-hydrogen) atoms. The molecular weight excluding hydrogens is 256 g/mol. The van der Waals surface area contributed by atoms with Gasteiger partial charge >= 0.3 is 5.97 Å². The summed E-state index contributed by atoms with van der Waals surface area (Å²) >= 11 is 0. The van der Waals surface area contributed by atoms with Crippen LogP contribution in [0.15, 0.2) is 9.98 Å². The number of unbranched alkanes of at least 4 members (excludes halogenated alkanes) is 1. The van der Waals surface area contributed by atoms with Crippen molar-refractivity contribution in [3.63, 3.8) is 0 Å². The Morgan fingerprint density at radius 2 is 1.75 bits per heavy atom. The first-order chi connectivity index (χ1) is 9.32. The second-order valence-corrected chi connectivity index (χ2v) is 5.48. The molecule has 0 radical (unpaired) electrons. The van der Waals surface area contributed by atoms with Gasteiger partial charge < -0.3 is 14.5 Å². The van der Waals surface area contributed by atoms with Gasteiger partial charge in [0.25, 0.3) is 6.02 Å². The molecule has 0 saturated carbocycles. The quantitative estimate of drug-likeness (QED) is 0.585. The number of nitrogens with zero attached hydrogens (tertiary/aromatic N) is 5. The Kier molecular flexibility index (Phi) is 5.76. The van der Waals surface area contributed by atoms with Crippen molar-refractivity contribution in [3.8, 4) is 0 Å². The molecule has 1 aliphatic rings. The monoisotopic (exact) mass is 284 g/mol. The standard InChI is InChI=1S/C13H28N6O/c1-8-9-10-14-13(19(6)7)16-11(17(2)3)15-12(20-13)18(4)5/h14H,8-10H2,1-7H3/t13-/m1/s1. The van der Waals surface area contributed by atoms with E-state index in [1.807, 2.05) is 57.0 Å². The molecule has 0 amide bonds. The number of nitrogens with one attached hydrogen (secondary N) is 1. The van der Waals surface area contributed by atoms with Gasteiger partial charge in [0.1, 0.15) is 0 Å². The maximum atomic E-state index is 6.00. The molecule has 7 nitrogen and oxygen atoms in total. The number of ether oxygens (including phenoxy) is 1. The molecule has 0 aromatic rings. The Balaban J connectivity index is 3.07. The molecule has 0 fully saturated rings. The number of guanidine groups is 1. The Bertz CT molecular complexity index is 377. The summed E-state index contributed by atoms with van der Waals surface area (Å²) in [5.74, 6) is -0.270. The first kappa shape index (κ1) is 16.7. The van der Waals surface area contributed by atoms with Crippen molar-refractivity contribution in [3.05, 3.63) is 0 Å². The van der Waals surface area contributed by atoms with Crippen LogP contribution in [0.2, 0.25) is 0 Å². The van der Waals surface area contributed by atoms with E-state index in [4.69, 9.17) is 4.74 Å². The second kappa shape index (κ2) is 6.90. The fourth-order valence-electron chi connectivity index (χ4n) is 1.66. The highest BCUT2D eigenvalue weighted by atomic mass is 16.6.